The fourth-order valence-corrected chi connectivity index (χ4v) is 4.35. The van der Waals surface area contributed by atoms with Crippen LogP contribution in [0.25, 0.3) is 10.9 Å². The molecular weight excluding hydrogens is 376 g/mol. The van der Waals surface area contributed by atoms with E-state index in [0.29, 0.717) is 12.3 Å². The van der Waals surface area contributed by atoms with Crippen molar-refractivity contribution in [3.05, 3.63) is 47.9 Å². The molecule has 0 radical (unpaired) electrons. The van der Waals surface area contributed by atoms with E-state index in [0.717, 1.165) is 54.5 Å². The SMILES string of the molecule is CCC(C)C(N)c1cn(C(Cc2c[nH]c3ccccc23)C(=O)C2CCNCC2)nn1. The molecule has 3 atom stereocenters. The van der Waals surface area contributed by atoms with Gasteiger partial charge in [0, 0.05) is 29.4 Å². The number of H-pyrrole nitrogens is 1. The van der Waals surface area contributed by atoms with Crippen LogP contribution >= 0.6 is 0 Å². The predicted molar refractivity (Wildman–Crippen MR) is 118 cm³/mol. The van der Waals surface area contributed by atoms with E-state index in [9.17, 15) is 4.79 Å². The molecule has 2 aromatic heterocycles. The summed E-state index contributed by atoms with van der Waals surface area (Å²) in [5, 5.41) is 13.2. The number of nitrogens with one attached hydrogen (secondary N) is 2. The molecule has 4 N–H and O–H groups in total. The highest BCUT2D eigenvalue weighted by molar-refractivity contribution is 5.87. The van der Waals surface area contributed by atoms with E-state index in [4.69, 9.17) is 5.73 Å². The Hall–Kier alpha value is -2.51. The molecular formula is C23H32N6O. The molecule has 0 saturated carbocycles. The molecule has 3 aromatic rings. The van der Waals surface area contributed by atoms with E-state index >= 15 is 0 Å². The van der Waals surface area contributed by atoms with Crippen molar-refractivity contribution in [2.75, 3.05) is 13.1 Å². The number of ketones is 1. The zero-order valence-electron chi connectivity index (χ0n) is 17.8. The van der Waals surface area contributed by atoms with Crippen LogP contribution in [0, 0.1) is 11.8 Å². The molecule has 3 heterocycles. The van der Waals surface area contributed by atoms with E-state index in [1.807, 2.05) is 24.5 Å². The van der Waals surface area contributed by atoms with Crippen molar-refractivity contribution in [3.63, 3.8) is 0 Å². The summed E-state index contributed by atoms with van der Waals surface area (Å²) in [5.74, 6) is 0.607. The maximum Gasteiger partial charge on any atom is 0.160 e. The maximum absolute atomic E-state index is 13.6. The largest absolute Gasteiger partial charge is 0.361 e. The Balaban J connectivity index is 1.65. The number of hydrogen-bond acceptors (Lipinski definition) is 5. The summed E-state index contributed by atoms with van der Waals surface area (Å²) in [4.78, 5) is 16.9. The number of fused-ring (bicyclic) bond motifs is 1. The van der Waals surface area contributed by atoms with Gasteiger partial charge in [-0.2, -0.15) is 0 Å². The summed E-state index contributed by atoms with van der Waals surface area (Å²) in [6, 6.07) is 7.65. The summed E-state index contributed by atoms with van der Waals surface area (Å²) in [7, 11) is 0. The lowest BCUT2D eigenvalue weighted by atomic mass is 9.87. The molecule has 3 unspecified atom stereocenters. The van der Waals surface area contributed by atoms with Gasteiger partial charge in [0.15, 0.2) is 5.78 Å². The second-order valence-corrected chi connectivity index (χ2v) is 8.54. The van der Waals surface area contributed by atoms with Gasteiger partial charge in [-0.15, -0.1) is 5.10 Å². The van der Waals surface area contributed by atoms with Crippen molar-refractivity contribution in [1.82, 2.24) is 25.3 Å². The first kappa shape index (κ1) is 20.8. The summed E-state index contributed by atoms with van der Waals surface area (Å²) >= 11 is 0. The molecule has 1 fully saturated rings. The lowest BCUT2D eigenvalue weighted by Crippen LogP contribution is -2.36. The highest BCUT2D eigenvalue weighted by Crippen LogP contribution is 2.28. The van der Waals surface area contributed by atoms with Gasteiger partial charge in [0.05, 0.1) is 17.9 Å². The fraction of sp³-hybridized carbons (Fsp3) is 0.522. The second kappa shape index (κ2) is 9.10. The van der Waals surface area contributed by atoms with Crippen LogP contribution in [0.4, 0.5) is 0 Å². The molecule has 0 bridgehead atoms. The Morgan fingerprint density at radius 2 is 2.07 bits per heavy atom. The van der Waals surface area contributed by atoms with Crippen molar-refractivity contribution in [3.8, 4) is 0 Å². The number of nitrogens with two attached hydrogens (primary N) is 1. The predicted octanol–water partition coefficient (Wildman–Crippen LogP) is 3.16. The normalized spacial score (nSPS) is 18.4. The van der Waals surface area contributed by atoms with Gasteiger partial charge in [-0.05, 0) is 43.5 Å². The van der Waals surface area contributed by atoms with Crippen LogP contribution in [0.3, 0.4) is 0 Å². The summed E-state index contributed by atoms with van der Waals surface area (Å²) < 4.78 is 1.75. The lowest BCUT2D eigenvalue weighted by molar-refractivity contribution is -0.127. The molecule has 1 aromatic carbocycles. The molecule has 1 aliphatic heterocycles. The molecule has 7 heteroatoms. The molecule has 0 aliphatic carbocycles. The zero-order chi connectivity index (χ0) is 21.1. The Bertz CT molecular complexity index is 986. The molecule has 1 saturated heterocycles. The van der Waals surface area contributed by atoms with E-state index in [-0.39, 0.29) is 23.8 Å². The zero-order valence-corrected chi connectivity index (χ0v) is 17.8. The van der Waals surface area contributed by atoms with E-state index in [1.165, 1.54) is 0 Å². The third-order valence-electron chi connectivity index (χ3n) is 6.60. The number of carbonyl (C=O) groups excluding carboxylic acids is 1. The molecule has 7 nitrogen and oxygen atoms in total. The summed E-state index contributed by atoms with van der Waals surface area (Å²) in [6.45, 7) is 6.01. The Kier molecular flexibility index (Phi) is 6.29. The van der Waals surface area contributed by atoms with Crippen LogP contribution < -0.4 is 11.1 Å². The molecule has 0 amide bonds. The van der Waals surface area contributed by atoms with Crippen molar-refractivity contribution in [2.45, 2.75) is 51.6 Å². The van der Waals surface area contributed by atoms with Crippen LogP contribution in [0.15, 0.2) is 36.7 Å². The Morgan fingerprint density at radius 1 is 1.30 bits per heavy atom. The van der Waals surface area contributed by atoms with E-state index < -0.39 is 0 Å². The number of Topliss-reactive ketones (excluding diaryl/α,β-unsaturated/α-hetero) is 1. The summed E-state index contributed by atoms with van der Waals surface area (Å²) in [6.07, 6.45) is 7.20. The number of carbonyl (C=O) groups is 1. The van der Waals surface area contributed by atoms with Gasteiger partial charge in [0.2, 0.25) is 0 Å². The minimum Gasteiger partial charge on any atom is -0.361 e. The molecule has 160 valence electrons. The number of aromatic nitrogens is 4. The maximum atomic E-state index is 13.6. The minimum absolute atomic E-state index is 0.0531. The van der Waals surface area contributed by atoms with E-state index in [2.05, 4.69) is 46.6 Å². The standard InChI is InChI=1S/C23H32N6O/c1-3-15(2)22(24)20-14-29(28-27-20)21(23(30)16-8-10-25-11-9-16)12-17-13-26-19-7-5-4-6-18(17)19/h4-7,13-16,21-22,25-26H,3,8-12,24H2,1-2H3. The van der Waals surface area contributed by atoms with Crippen molar-refractivity contribution in [2.24, 2.45) is 17.6 Å². The minimum atomic E-state index is -0.377. The number of hydrogen-bond donors (Lipinski definition) is 3. The van der Waals surface area contributed by atoms with Crippen LogP contribution in [0.5, 0.6) is 0 Å². The topological polar surface area (TPSA) is 102 Å². The Morgan fingerprint density at radius 3 is 2.83 bits per heavy atom. The number of nitrogens with zero attached hydrogens (tertiary/aromatic N) is 3. The smallest absolute Gasteiger partial charge is 0.160 e. The van der Waals surface area contributed by atoms with Gasteiger partial charge in [-0.25, -0.2) is 4.68 Å². The number of aromatic amines is 1. The number of piperidine rings is 1. The second-order valence-electron chi connectivity index (χ2n) is 8.54. The van der Waals surface area contributed by atoms with Gasteiger partial charge in [0.1, 0.15) is 6.04 Å². The third kappa shape index (κ3) is 4.18. The van der Waals surface area contributed by atoms with Gasteiger partial charge in [0.25, 0.3) is 0 Å². The first-order valence-electron chi connectivity index (χ1n) is 11.0. The molecule has 4 rings (SSSR count). The number of para-hydroxylation sites is 1. The van der Waals surface area contributed by atoms with Crippen molar-refractivity contribution >= 4 is 16.7 Å². The van der Waals surface area contributed by atoms with E-state index in [1.54, 1.807) is 4.68 Å². The first-order valence-corrected chi connectivity index (χ1v) is 11.0. The van der Waals surface area contributed by atoms with Gasteiger partial charge in [-0.1, -0.05) is 43.7 Å². The molecule has 0 spiro atoms. The monoisotopic (exact) mass is 408 g/mol. The van der Waals surface area contributed by atoms with Gasteiger partial charge >= 0.3 is 0 Å². The lowest BCUT2D eigenvalue weighted by Gasteiger charge is -2.26. The van der Waals surface area contributed by atoms with Gasteiger partial charge < -0.3 is 16.0 Å². The fourth-order valence-electron chi connectivity index (χ4n) is 4.35. The number of rotatable bonds is 8. The average Bonchev–Trinajstić information content (AvgIpc) is 3.44. The summed E-state index contributed by atoms with van der Waals surface area (Å²) in [5.41, 5.74) is 9.34. The van der Waals surface area contributed by atoms with Gasteiger partial charge in [-0.3, -0.25) is 4.79 Å². The quantitative estimate of drug-likeness (QED) is 0.531. The van der Waals surface area contributed by atoms with Crippen molar-refractivity contribution < 1.29 is 4.79 Å². The highest BCUT2D eigenvalue weighted by Gasteiger charge is 2.31. The molecule has 1 aliphatic rings. The van der Waals surface area contributed by atoms with Crippen LogP contribution in [-0.4, -0.2) is 38.9 Å². The van der Waals surface area contributed by atoms with Crippen LogP contribution in [-0.2, 0) is 11.2 Å². The molecule has 30 heavy (non-hydrogen) atoms. The Labute approximate surface area is 177 Å². The van der Waals surface area contributed by atoms with Crippen LogP contribution in [0.1, 0.15) is 56.5 Å². The first-order chi connectivity index (χ1) is 14.6. The van der Waals surface area contributed by atoms with Crippen molar-refractivity contribution in [1.29, 1.82) is 0 Å². The highest BCUT2D eigenvalue weighted by atomic mass is 16.1. The third-order valence-corrected chi connectivity index (χ3v) is 6.60. The number of benzene rings is 1. The average molecular weight is 409 g/mol. The van der Waals surface area contributed by atoms with Crippen LogP contribution in [0.2, 0.25) is 0 Å².